The summed E-state index contributed by atoms with van der Waals surface area (Å²) in [6.07, 6.45) is -0.137. The van der Waals surface area contributed by atoms with Crippen molar-refractivity contribution >= 4 is 23.0 Å². The maximum Gasteiger partial charge on any atom is 0.0980 e. The van der Waals surface area contributed by atoms with E-state index in [1.807, 2.05) is 12.1 Å². The largest absolute Gasteiger partial charge is 0.399 e. The Labute approximate surface area is 99.6 Å². The van der Waals surface area contributed by atoms with Crippen LogP contribution in [0.25, 0.3) is 0 Å². The van der Waals surface area contributed by atoms with Crippen LogP contribution in [-0.4, -0.2) is 37.5 Å². The van der Waals surface area contributed by atoms with Gasteiger partial charge >= 0.3 is 0 Å². The first-order valence-corrected chi connectivity index (χ1v) is 5.61. The highest BCUT2D eigenvalue weighted by molar-refractivity contribution is 6.33. The molecule has 1 saturated heterocycles. The fraction of sp³-hybridized carbons (Fsp3) is 0.455. The van der Waals surface area contributed by atoms with Crippen LogP contribution in [0, 0.1) is 0 Å². The lowest BCUT2D eigenvalue weighted by atomic mass is 10.2. The summed E-state index contributed by atoms with van der Waals surface area (Å²) in [4.78, 5) is 2.10. The van der Waals surface area contributed by atoms with Gasteiger partial charge in [0, 0.05) is 18.8 Å². The van der Waals surface area contributed by atoms with E-state index in [0.29, 0.717) is 23.9 Å². The van der Waals surface area contributed by atoms with Crippen LogP contribution < -0.4 is 10.6 Å². The summed E-state index contributed by atoms with van der Waals surface area (Å²) in [5, 5.41) is 9.70. The van der Waals surface area contributed by atoms with E-state index in [4.69, 9.17) is 27.2 Å². The van der Waals surface area contributed by atoms with Gasteiger partial charge in [-0.05, 0) is 18.2 Å². The number of aliphatic hydroxyl groups excluding tert-OH is 1. The minimum absolute atomic E-state index is 0.0308. The minimum Gasteiger partial charge on any atom is -0.399 e. The Kier molecular flexibility index (Phi) is 3.53. The van der Waals surface area contributed by atoms with E-state index < -0.39 is 0 Å². The zero-order chi connectivity index (χ0) is 11.5. The Hall–Kier alpha value is -0.970. The van der Waals surface area contributed by atoms with Crippen molar-refractivity contribution < 1.29 is 9.84 Å². The van der Waals surface area contributed by atoms with Crippen molar-refractivity contribution in [3.05, 3.63) is 23.2 Å². The SMILES string of the molecule is Nc1ccc(N2CCOC(CO)C2)c(Cl)c1. The van der Waals surface area contributed by atoms with Crippen molar-refractivity contribution in [2.45, 2.75) is 6.10 Å². The normalized spacial score (nSPS) is 21.1. The van der Waals surface area contributed by atoms with Gasteiger partial charge in [0.05, 0.1) is 30.0 Å². The lowest BCUT2D eigenvalue weighted by Gasteiger charge is -2.34. The van der Waals surface area contributed by atoms with Crippen LogP contribution in [0.3, 0.4) is 0 Å². The van der Waals surface area contributed by atoms with Crippen molar-refractivity contribution in [1.29, 1.82) is 0 Å². The Morgan fingerprint density at radius 1 is 1.56 bits per heavy atom. The molecule has 1 aromatic rings. The standard InChI is InChI=1S/C11H15ClN2O2/c12-10-5-8(13)1-2-11(10)14-3-4-16-9(6-14)7-15/h1-2,5,9,15H,3-4,6-7,13H2. The molecule has 16 heavy (non-hydrogen) atoms. The third kappa shape index (κ3) is 2.40. The van der Waals surface area contributed by atoms with E-state index in [9.17, 15) is 0 Å². The van der Waals surface area contributed by atoms with Crippen LogP contribution >= 0.6 is 11.6 Å². The quantitative estimate of drug-likeness (QED) is 0.763. The van der Waals surface area contributed by atoms with Crippen molar-refractivity contribution in [2.24, 2.45) is 0 Å². The first kappa shape index (κ1) is 11.5. The number of aliphatic hydroxyl groups is 1. The molecular formula is C11H15ClN2O2. The fourth-order valence-corrected chi connectivity index (χ4v) is 2.14. The minimum atomic E-state index is -0.137. The van der Waals surface area contributed by atoms with E-state index >= 15 is 0 Å². The summed E-state index contributed by atoms with van der Waals surface area (Å²) < 4.78 is 5.38. The molecule has 0 spiro atoms. The zero-order valence-electron chi connectivity index (χ0n) is 8.90. The molecule has 4 nitrogen and oxygen atoms in total. The highest BCUT2D eigenvalue weighted by atomic mass is 35.5. The van der Waals surface area contributed by atoms with Crippen LogP contribution in [0.1, 0.15) is 0 Å². The van der Waals surface area contributed by atoms with Gasteiger partial charge in [-0.1, -0.05) is 11.6 Å². The number of halogens is 1. The molecule has 0 radical (unpaired) electrons. The molecule has 1 fully saturated rings. The number of benzene rings is 1. The van der Waals surface area contributed by atoms with Crippen LogP contribution in [-0.2, 0) is 4.74 Å². The molecule has 0 amide bonds. The summed E-state index contributed by atoms with van der Waals surface area (Å²) >= 11 is 6.13. The lowest BCUT2D eigenvalue weighted by molar-refractivity contribution is 0.00357. The summed E-state index contributed by atoms with van der Waals surface area (Å²) in [6.45, 7) is 2.06. The fourth-order valence-electron chi connectivity index (χ4n) is 1.83. The summed E-state index contributed by atoms with van der Waals surface area (Å²) in [6, 6.07) is 5.46. The highest BCUT2D eigenvalue weighted by Crippen LogP contribution is 2.28. The van der Waals surface area contributed by atoms with Crippen molar-refractivity contribution in [1.82, 2.24) is 0 Å². The second-order valence-electron chi connectivity index (χ2n) is 3.83. The molecule has 88 valence electrons. The van der Waals surface area contributed by atoms with Crippen molar-refractivity contribution in [2.75, 3.05) is 36.9 Å². The van der Waals surface area contributed by atoms with Crippen LogP contribution in [0.2, 0.25) is 5.02 Å². The van der Waals surface area contributed by atoms with Gasteiger partial charge in [0.2, 0.25) is 0 Å². The van der Waals surface area contributed by atoms with Crippen LogP contribution in [0.15, 0.2) is 18.2 Å². The Morgan fingerprint density at radius 2 is 2.38 bits per heavy atom. The van der Waals surface area contributed by atoms with Gasteiger partial charge in [0.25, 0.3) is 0 Å². The van der Waals surface area contributed by atoms with E-state index in [1.165, 1.54) is 0 Å². The molecule has 5 heteroatoms. The molecule has 0 aromatic heterocycles. The number of nitrogens with two attached hydrogens (primary N) is 1. The molecular weight excluding hydrogens is 228 g/mol. The Balaban J connectivity index is 2.16. The predicted molar refractivity (Wildman–Crippen MR) is 64.9 cm³/mol. The van der Waals surface area contributed by atoms with E-state index in [2.05, 4.69) is 4.90 Å². The van der Waals surface area contributed by atoms with Gasteiger partial charge in [-0.25, -0.2) is 0 Å². The molecule has 1 aliphatic rings. The maximum atomic E-state index is 9.06. The Morgan fingerprint density at radius 3 is 3.06 bits per heavy atom. The summed E-state index contributed by atoms with van der Waals surface area (Å²) in [5.41, 5.74) is 7.24. The third-order valence-electron chi connectivity index (χ3n) is 2.65. The number of hydrogen-bond acceptors (Lipinski definition) is 4. The molecule has 1 aliphatic heterocycles. The molecule has 1 atom stereocenters. The second kappa shape index (κ2) is 4.91. The van der Waals surface area contributed by atoms with Gasteiger partial charge in [-0.3, -0.25) is 0 Å². The summed E-state index contributed by atoms with van der Waals surface area (Å²) in [5.74, 6) is 0. The van der Waals surface area contributed by atoms with E-state index in [-0.39, 0.29) is 12.7 Å². The molecule has 1 unspecified atom stereocenters. The lowest BCUT2D eigenvalue weighted by Crippen LogP contribution is -2.44. The molecule has 0 bridgehead atoms. The smallest absolute Gasteiger partial charge is 0.0980 e. The molecule has 1 heterocycles. The number of anilines is 2. The number of nitrogens with zero attached hydrogens (tertiary/aromatic N) is 1. The second-order valence-corrected chi connectivity index (χ2v) is 4.24. The molecule has 0 aliphatic carbocycles. The number of ether oxygens (including phenoxy) is 1. The van der Waals surface area contributed by atoms with Crippen molar-refractivity contribution in [3.8, 4) is 0 Å². The molecule has 2 rings (SSSR count). The van der Waals surface area contributed by atoms with Gasteiger partial charge < -0.3 is 20.5 Å². The predicted octanol–water partition coefficient (Wildman–Crippen LogP) is 1.12. The summed E-state index contributed by atoms with van der Waals surface area (Å²) in [7, 11) is 0. The maximum absolute atomic E-state index is 9.06. The number of hydrogen-bond donors (Lipinski definition) is 2. The average Bonchev–Trinajstić information content (AvgIpc) is 2.29. The van der Waals surface area contributed by atoms with Crippen molar-refractivity contribution in [3.63, 3.8) is 0 Å². The van der Waals surface area contributed by atoms with Crippen LogP contribution in [0.4, 0.5) is 11.4 Å². The molecule has 3 N–H and O–H groups in total. The monoisotopic (exact) mass is 242 g/mol. The number of morpholine rings is 1. The third-order valence-corrected chi connectivity index (χ3v) is 2.96. The zero-order valence-corrected chi connectivity index (χ0v) is 9.65. The van der Waals surface area contributed by atoms with Gasteiger partial charge in [0.15, 0.2) is 0 Å². The van der Waals surface area contributed by atoms with E-state index in [0.717, 1.165) is 12.2 Å². The average molecular weight is 243 g/mol. The number of nitrogen functional groups attached to an aromatic ring is 1. The van der Waals surface area contributed by atoms with Crippen LogP contribution in [0.5, 0.6) is 0 Å². The van der Waals surface area contributed by atoms with Gasteiger partial charge in [-0.15, -0.1) is 0 Å². The van der Waals surface area contributed by atoms with Gasteiger partial charge in [-0.2, -0.15) is 0 Å². The van der Waals surface area contributed by atoms with Gasteiger partial charge in [0.1, 0.15) is 0 Å². The first-order valence-electron chi connectivity index (χ1n) is 5.23. The highest BCUT2D eigenvalue weighted by Gasteiger charge is 2.21. The first-order chi connectivity index (χ1) is 7.70. The van der Waals surface area contributed by atoms with E-state index in [1.54, 1.807) is 6.07 Å². The molecule has 0 saturated carbocycles. The Bertz CT molecular complexity index is 373. The number of rotatable bonds is 2. The molecule has 1 aromatic carbocycles. The topological polar surface area (TPSA) is 58.7 Å².